The van der Waals surface area contributed by atoms with Crippen LogP contribution in [0.2, 0.25) is 0 Å². The first-order valence-electron chi connectivity index (χ1n) is 7.05. The summed E-state index contributed by atoms with van der Waals surface area (Å²) in [5.74, 6) is 1.67. The van der Waals surface area contributed by atoms with E-state index >= 15 is 0 Å². The van der Waals surface area contributed by atoms with E-state index in [2.05, 4.69) is 27.9 Å². The molecular weight excluding hydrogens is 228 g/mol. The van der Waals surface area contributed by atoms with E-state index in [4.69, 9.17) is 0 Å². The van der Waals surface area contributed by atoms with Gasteiger partial charge in [-0.2, -0.15) is 0 Å². The fraction of sp³-hybridized carbons (Fsp3) is 0.846. The molecule has 1 atom stereocenters. The molecule has 0 spiro atoms. The molecule has 1 amide bonds. The van der Waals surface area contributed by atoms with Gasteiger partial charge in [0.05, 0.1) is 6.54 Å². The zero-order valence-corrected chi connectivity index (χ0v) is 11.2. The van der Waals surface area contributed by atoms with E-state index in [9.17, 15) is 4.79 Å². The fourth-order valence-corrected chi connectivity index (χ4v) is 2.59. The Balaban J connectivity index is 1.51. The minimum Gasteiger partial charge on any atom is -0.355 e. The van der Waals surface area contributed by atoms with Crippen LogP contribution < -0.4 is 16.0 Å². The second-order valence-electron chi connectivity index (χ2n) is 5.37. The molecule has 0 radical (unpaired) electrons. The molecule has 0 aromatic heterocycles. The van der Waals surface area contributed by atoms with Crippen molar-refractivity contribution in [3.8, 4) is 0 Å². The lowest BCUT2D eigenvalue weighted by molar-refractivity contribution is -0.121. The van der Waals surface area contributed by atoms with Crippen molar-refractivity contribution in [2.75, 3.05) is 19.6 Å². The third kappa shape index (κ3) is 4.20. The van der Waals surface area contributed by atoms with Crippen LogP contribution in [0, 0.1) is 5.92 Å². The lowest BCUT2D eigenvalue weighted by Gasteiger charge is -2.11. The van der Waals surface area contributed by atoms with Crippen molar-refractivity contribution in [1.82, 2.24) is 16.0 Å². The minimum absolute atomic E-state index is 0.193. The molecule has 1 unspecified atom stereocenters. The van der Waals surface area contributed by atoms with Gasteiger partial charge in [0.25, 0.3) is 0 Å². The Kier molecular flexibility index (Phi) is 4.84. The number of nitrogens with zero attached hydrogens (tertiary/aromatic N) is 1. The van der Waals surface area contributed by atoms with Crippen LogP contribution in [-0.4, -0.2) is 37.5 Å². The van der Waals surface area contributed by atoms with Crippen molar-refractivity contribution < 1.29 is 4.79 Å². The normalized spacial score (nSPS) is 23.6. The molecule has 5 heteroatoms. The van der Waals surface area contributed by atoms with Gasteiger partial charge in [-0.25, -0.2) is 0 Å². The Morgan fingerprint density at radius 3 is 2.83 bits per heavy atom. The second kappa shape index (κ2) is 6.61. The van der Waals surface area contributed by atoms with Gasteiger partial charge < -0.3 is 16.0 Å². The molecule has 1 heterocycles. The predicted molar refractivity (Wildman–Crippen MR) is 72.5 cm³/mol. The van der Waals surface area contributed by atoms with E-state index in [0.29, 0.717) is 24.9 Å². The molecule has 0 saturated heterocycles. The average Bonchev–Trinajstić information content (AvgIpc) is 2.96. The van der Waals surface area contributed by atoms with Gasteiger partial charge in [-0.15, -0.1) is 0 Å². The summed E-state index contributed by atoms with van der Waals surface area (Å²) in [6.07, 6.45) is 5.75. The van der Waals surface area contributed by atoms with Gasteiger partial charge in [-0.1, -0.05) is 12.8 Å². The van der Waals surface area contributed by atoms with Crippen LogP contribution >= 0.6 is 0 Å². The number of guanidine groups is 1. The van der Waals surface area contributed by atoms with E-state index < -0.39 is 0 Å². The number of carbonyl (C=O) groups is 1. The third-order valence-corrected chi connectivity index (χ3v) is 3.59. The fourth-order valence-electron chi connectivity index (χ4n) is 2.59. The van der Waals surface area contributed by atoms with Gasteiger partial charge >= 0.3 is 0 Å². The summed E-state index contributed by atoms with van der Waals surface area (Å²) in [7, 11) is 0. The second-order valence-corrected chi connectivity index (χ2v) is 5.37. The highest BCUT2D eigenvalue weighted by molar-refractivity contribution is 5.81. The lowest BCUT2D eigenvalue weighted by Crippen LogP contribution is -2.41. The van der Waals surface area contributed by atoms with Gasteiger partial charge in [0.15, 0.2) is 5.96 Å². The Labute approximate surface area is 109 Å². The molecule has 2 rings (SSSR count). The van der Waals surface area contributed by atoms with E-state index in [1.807, 2.05) is 0 Å². The summed E-state index contributed by atoms with van der Waals surface area (Å²) in [6, 6.07) is 0.421. The zero-order valence-electron chi connectivity index (χ0n) is 11.2. The Bertz CT molecular complexity index is 310. The van der Waals surface area contributed by atoms with Gasteiger partial charge in [-0.05, 0) is 25.7 Å². The van der Waals surface area contributed by atoms with E-state index in [1.54, 1.807) is 0 Å². The SMILES string of the molecule is CC1CN=C(NCCNC(=O)CC2CCCC2)N1. The van der Waals surface area contributed by atoms with Crippen LogP contribution in [-0.2, 0) is 4.79 Å². The topological polar surface area (TPSA) is 65.5 Å². The van der Waals surface area contributed by atoms with Crippen LogP contribution in [0.1, 0.15) is 39.0 Å². The van der Waals surface area contributed by atoms with Crippen molar-refractivity contribution in [2.24, 2.45) is 10.9 Å². The monoisotopic (exact) mass is 252 g/mol. The lowest BCUT2D eigenvalue weighted by atomic mass is 10.0. The average molecular weight is 252 g/mol. The molecule has 102 valence electrons. The van der Waals surface area contributed by atoms with Crippen LogP contribution in [0.25, 0.3) is 0 Å². The highest BCUT2D eigenvalue weighted by Crippen LogP contribution is 2.27. The maximum Gasteiger partial charge on any atom is 0.220 e. The van der Waals surface area contributed by atoms with Crippen molar-refractivity contribution in [1.29, 1.82) is 0 Å². The highest BCUT2D eigenvalue weighted by Gasteiger charge is 2.18. The van der Waals surface area contributed by atoms with Crippen LogP contribution in [0.3, 0.4) is 0 Å². The predicted octanol–water partition coefficient (Wildman–Crippen LogP) is 0.620. The minimum atomic E-state index is 0.193. The zero-order chi connectivity index (χ0) is 12.8. The number of carbonyl (C=O) groups excluding carboxylic acids is 1. The van der Waals surface area contributed by atoms with Crippen molar-refractivity contribution in [2.45, 2.75) is 45.1 Å². The summed E-state index contributed by atoms with van der Waals surface area (Å²) in [5, 5.41) is 9.37. The number of nitrogens with one attached hydrogen (secondary N) is 3. The van der Waals surface area contributed by atoms with Gasteiger partial charge in [0, 0.05) is 25.6 Å². The smallest absolute Gasteiger partial charge is 0.220 e. The van der Waals surface area contributed by atoms with E-state index in [1.165, 1.54) is 25.7 Å². The summed E-state index contributed by atoms with van der Waals surface area (Å²) in [6.45, 7) is 4.33. The molecule has 5 nitrogen and oxygen atoms in total. The summed E-state index contributed by atoms with van der Waals surface area (Å²) in [5.41, 5.74) is 0. The van der Waals surface area contributed by atoms with Crippen LogP contribution in [0.15, 0.2) is 4.99 Å². The molecule has 1 saturated carbocycles. The van der Waals surface area contributed by atoms with Gasteiger partial charge in [0.2, 0.25) is 5.91 Å². The van der Waals surface area contributed by atoms with Crippen molar-refractivity contribution in [3.63, 3.8) is 0 Å². The van der Waals surface area contributed by atoms with Crippen LogP contribution in [0.5, 0.6) is 0 Å². The number of amides is 1. The summed E-state index contributed by atoms with van der Waals surface area (Å²) < 4.78 is 0. The molecule has 0 aromatic carbocycles. The van der Waals surface area contributed by atoms with Crippen LogP contribution in [0.4, 0.5) is 0 Å². The standard InChI is InChI=1S/C13H24N4O/c1-10-9-16-13(17-10)15-7-6-14-12(18)8-11-4-2-3-5-11/h10-11H,2-9H2,1H3,(H,14,18)(H2,15,16,17). The Hall–Kier alpha value is -1.26. The highest BCUT2D eigenvalue weighted by atomic mass is 16.1. The first kappa shape index (κ1) is 13.2. The molecule has 1 aliphatic carbocycles. The number of aliphatic imine (C=N–C) groups is 1. The molecule has 0 aromatic rings. The molecule has 1 fully saturated rings. The van der Waals surface area contributed by atoms with Crippen molar-refractivity contribution >= 4 is 11.9 Å². The number of rotatable bonds is 5. The quantitative estimate of drug-likeness (QED) is 0.628. The van der Waals surface area contributed by atoms with Gasteiger partial charge in [-0.3, -0.25) is 9.79 Å². The maximum absolute atomic E-state index is 11.7. The maximum atomic E-state index is 11.7. The largest absolute Gasteiger partial charge is 0.355 e. The first-order chi connectivity index (χ1) is 8.74. The van der Waals surface area contributed by atoms with E-state index in [0.717, 1.165) is 19.0 Å². The molecule has 0 bridgehead atoms. The third-order valence-electron chi connectivity index (χ3n) is 3.59. The Morgan fingerprint density at radius 1 is 1.39 bits per heavy atom. The first-order valence-corrected chi connectivity index (χ1v) is 7.05. The van der Waals surface area contributed by atoms with E-state index in [-0.39, 0.29) is 5.91 Å². The van der Waals surface area contributed by atoms with Crippen molar-refractivity contribution in [3.05, 3.63) is 0 Å². The summed E-state index contributed by atoms with van der Waals surface area (Å²) in [4.78, 5) is 16.0. The van der Waals surface area contributed by atoms with Gasteiger partial charge in [0.1, 0.15) is 0 Å². The number of hydrogen-bond donors (Lipinski definition) is 3. The number of hydrogen-bond acceptors (Lipinski definition) is 4. The molecular formula is C13H24N4O. The Morgan fingerprint density at radius 2 is 2.17 bits per heavy atom. The molecule has 3 N–H and O–H groups in total. The molecule has 18 heavy (non-hydrogen) atoms. The molecule has 2 aliphatic rings. The molecule has 1 aliphatic heterocycles. The summed E-state index contributed by atoms with van der Waals surface area (Å²) >= 11 is 0.